The summed E-state index contributed by atoms with van der Waals surface area (Å²) in [6, 6.07) is 15.6. The van der Waals surface area contributed by atoms with Gasteiger partial charge >= 0.3 is 0 Å². The average molecular weight is 267 g/mol. The Labute approximate surface area is 118 Å². The van der Waals surface area contributed by atoms with Gasteiger partial charge in [0.2, 0.25) is 5.91 Å². The van der Waals surface area contributed by atoms with Gasteiger partial charge in [0.15, 0.2) is 0 Å². The van der Waals surface area contributed by atoms with Crippen LogP contribution in [0.3, 0.4) is 0 Å². The molecule has 0 spiro atoms. The molecule has 0 saturated heterocycles. The number of benzene rings is 2. The number of fused-ring (bicyclic) bond motifs is 1. The van der Waals surface area contributed by atoms with E-state index in [1.54, 1.807) is 0 Å². The molecule has 1 aliphatic carbocycles. The van der Waals surface area contributed by atoms with Gasteiger partial charge in [-0.2, -0.15) is 0 Å². The number of carbonyl (C=O) groups is 1. The first-order chi connectivity index (χ1) is 9.79. The molecule has 0 bridgehead atoms. The van der Waals surface area contributed by atoms with Crippen LogP contribution in [-0.2, 0) is 11.2 Å². The molecule has 1 aliphatic rings. The first-order valence-electron chi connectivity index (χ1n) is 6.90. The van der Waals surface area contributed by atoms with Crippen LogP contribution in [0.25, 0.3) is 0 Å². The summed E-state index contributed by atoms with van der Waals surface area (Å²) < 4.78 is 5.52. The first-order valence-corrected chi connectivity index (χ1v) is 6.90. The van der Waals surface area contributed by atoms with Crippen molar-refractivity contribution in [3.8, 4) is 5.75 Å². The molecule has 20 heavy (non-hydrogen) atoms. The van der Waals surface area contributed by atoms with E-state index in [2.05, 4.69) is 11.4 Å². The van der Waals surface area contributed by atoms with E-state index in [1.165, 1.54) is 5.56 Å². The summed E-state index contributed by atoms with van der Waals surface area (Å²) >= 11 is 0. The van der Waals surface area contributed by atoms with E-state index < -0.39 is 0 Å². The van der Waals surface area contributed by atoms with Crippen LogP contribution in [0.4, 0.5) is 5.69 Å². The number of amides is 1. The largest absolute Gasteiger partial charge is 0.492 e. The van der Waals surface area contributed by atoms with Crippen LogP contribution in [0, 0.1) is 0 Å². The summed E-state index contributed by atoms with van der Waals surface area (Å²) in [4.78, 5) is 12.3. The van der Waals surface area contributed by atoms with Gasteiger partial charge in [-0.05, 0) is 36.6 Å². The molecule has 0 radical (unpaired) electrons. The Morgan fingerprint density at radius 3 is 2.75 bits per heavy atom. The molecule has 0 aromatic heterocycles. The molecule has 102 valence electrons. The van der Waals surface area contributed by atoms with Gasteiger partial charge < -0.3 is 10.1 Å². The lowest BCUT2D eigenvalue weighted by Gasteiger charge is -2.29. The minimum Gasteiger partial charge on any atom is -0.492 e. The van der Waals surface area contributed by atoms with Gasteiger partial charge in [0.1, 0.15) is 5.75 Å². The lowest BCUT2D eigenvalue weighted by molar-refractivity contribution is -0.118. The molecule has 0 fully saturated rings. The van der Waals surface area contributed by atoms with E-state index in [0.29, 0.717) is 6.61 Å². The maximum atomic E-state index is 12.3. The Hall–Kier alpha value is -2.29. The Morgan fingerprint density at radius 1 is 1.20 bits per heavy atom. The van der Waals surface area contributed by atoms with Gasteiger partial charge in [-0.1, -0.05) is 36.4 Å². The summed E-state index contributed by atoms with van der Waals surface area (Å²) in [6.07, 6.45) is 0.818. The summed E-state index contributed by atoms with van der Waals surface area (Å²) in [7, 11) is 0. The van der Waals surface area contributed by atoms with E-state index >= 15 is 0 Å². The van der Waals surface area contributed by atoms with Crippen LogP contribution in [-0.4, -0.2) is 12.5 Å². The third-order valence-electron chi connectivity index (χ3n) is 3.62. The van der Waals surface area contributed by atoms with E-state index in [0.717, 1.165) is 23.4 Å². The Kier molecular flexibility index (Phi) is 3.42. The number of para-hydroxylation sites is 2. The van der Waals surface area contributed by atoms with Crippen molar-refractivity contribution >= 4 is 11.6 Å². The summed E-state index contributed by atoms with van der Waals surface area (Å²) in [5, 5.41) is 2.97. The molecule has 2 aromatic carbocycles. The molecule has 3 rings (SSSR count). The van der Waals surface area contributed by atoms with Gasteiger partial charge in [-0.25, -0.2) is 0 Å². The van der Waals surface area contributed by atoms with Gasteiger partial charge in [0.05, 0.1) is 18.2 Å². The lowest BCUT2D eigenvalue weighted by Crippen LogP contribution is -2.30. The zero-order valence-electron chi connectivity index (χ0n) is 11.4. The van der Waals surface area contributed by atoms with E-state index in [9.17, 15) is 4.79 Å². The van der Waals surface area contributed by atoms with Crippen molar-refractivity contribution in [2.45, 2.75) is 19.3 Å². The zero-order valence-corrected chi connectivity index (χ0v) is 11.4. The van der Waals surface area contributed by atoms with Crippen molar-refractivity contribution in [2.75, 3.05) is 11.9 Å². The van der Waals surface area contributed by atoms with Crippen LogP contribution in [0.5, 0.6) is 5.75 Å². The molecule has 0 heterocycles. The second-order valence-corrected chi connectivity index (χ2v) is 4.87. The smallest absolute Gasteiger partial charge is 0.232 e. The van der Waals surface area contributed by atoms with Gasteiger partial charge in [0.25, 0.3) is 0 Å². The summed E-state index contributed by atoms with van der Waals surface area (Å²) in [6.45, 7) is 2.51. The van der Waals surface area contributed by atoms with Crippen molar-refractivity contribution < 1.29 is 9.53 Å². The number of carbonyl (C=O) groups excluding carboxylic acids is 1. The molecular weight excluding hydrogens is 250 g/mol. The maximum Gasteiger partial charge on any atom is 0.232 e. The number of rotatable bonds is 4. The monoisotopic (exact) mass is 267 g/mol. The fourth-order valence-corrected chi connectivity index (χ4v) is 2.56. The second kappa shape index (κ2) is 5.37. The topological polar surface area (TPSA) is 38.3 Å². The Morgan fingerprint density at radius 2 is 1.95 bits per heavy atom. The highest BCUT2D eigenvalue weighted by atomic mass is 16.5. The SMILES string of the molecule is CCOc1ccccc1NC(=O)C1Cc2ccccc21. The second-order valence-electron chi connectivity index (χ2n) is 4.87. The quantitative estimate of drug-likeness (QED) is 0.922. The molecule has 3 nitrogen and oxygen atoms in total. The third-order valence-corrected chi connectivity index (χ3v) is 3.62. The van der Waals surface area contributed by atoms with E-state index in [1.807, 2.05) is 49.4 Å². The predicted octanol–water partition coefficient (Wildman–Crippen LogP) is 3.36. The Bertz CT molecular complexity index is 636. The standard InChI is InChI=1S/C17H17NO2/c1-2-20-16-10-6-5-9-15(16)18-17(19)14-11-12-7-3-4-8-13(12)14/h3-10,14H,2,11H2,1H3,(H,18,19). The minimum atomic E-state index is -0.0408. The van der Waals surface area contributed by atoms with Gasteiger partial charge in [-0.3, -0.25) is 4.79 Å². The number of nitrogens with one attached hydrogen (secondary N) is 1. The van der Waals surface area contributed by atoms with Crippen LogP contribution >= 0.6 is 0 Å². The maximum absolute atomic E-state index is 12.3. The fourth-order valence-electron chi connectivity index (χ4n) is 2.56. The number of hydrogen-bond donors (Lipinski definition) is 1. The molecule has 1 atom stereocenters. The summed E-state index contributed by atoms with van der Waals surface area (Å²) in [5.74, 6) is 0.715. The molecule has 1 N–H and O–H groups in total. The van der Waals surface area contributed by atoms with Gasteiger partial charge in [-0.15, -0.1) is 0 Å². The highest BCUT2D eigenvalue weighted by Gasteiger charge is 2.31. The van der Waals surface area contributed by atoms with Crippen LogP contribution in [0.2, 0.25) is 0 Å². The molecule has 1 unspecified atom stereocenters. The molecule has 3 heteroatoms. The molecule has 0 saturated carbocycles. The normalized spacial score (nSPS) is 15.9. The van der Waals surface area contributed by atoms with Crippen molar-refractivity contribution in [2.24, 2.45) is 0 Å². The van der Waals surface area contributed by atoms with Crippen LogP contribution in [0.15, 0.2) is 48.5 Å². The molecule has 2 aromatic rings. The number of ether oxygens (including phenoxy) is 1. The first kappa shape index (κ1) is 12.7. The van der Waals surface area contributed by atoms with E-state index in [4.69, 9.17) is 4.74 Å². The minimum absolute atomic E-state index is 0.0378. The van der Waals surface area contributed by atoms with Crippen LogP contribution in [0.1, 0.15) is 24.0 Å². The van der Waals surface area contributed by atoms with E-state index in [-0.39, 0.29) is 11.8 Å². The van der Waals surface area contributed by atoms with Crippen molar-refractivity contribution in [3.63, 3.8) is 0 Å². The highest BCUT2D eigenvalue weighted by Crippen LogP contribution is 2.36. The van der Waals surface area contributed by atoms with Crippen molar-refractivity contribution in [3.05, 3.63) is 59.7 Å². The lowest BCUT2D eigenvalue weighted by atomic mass is 9.77. The molecular formula is C17H17NO2. The third kappa shape index (κ3) is 2.27. The Balaban J connectivity index is 1.75. The van der Waals surface area contributed by atoms with Crippen molar-refractivity contribution in [1.29, 1.82) is 0 Å². The molecule has 1 amide bonds. The van der Waals surface area contributed by atoms with Crippen molar-refractivity contribution in [1.82, 2.24) is 0 Å². The number of hydrogen-bond acceptors (Lipinski definition) is 2. The zero-order chi connectivity index (χ0) is 13.9. The number of anilines is 1. The summed E-state index contributed by atoms with van der Waals surface area (Å²) in [5.41, 5.74) is 3.15. The van der Waals surface area contributed by atoms with Crippen LogP contribution < -0.4 is 10.1 Å². The average Bonchev–Trinajstić information content (AvgIpc) is 2.43. The predicted molar refractivity (Wildman–Crippen MR) is 79.1 cm³/mol. The highest BCUT2D eigenvalue weighted by molar-refractivity contribution is 5.98. The van der Waals surface area contributed by atoms with Gasteiger partial charge in [0, 0.05) is 0 Å². The molecule has 0 aliphatic heterocycles. The fraction of sp³-hybridized carbons (Fsp3) is 0.235.